The average molecular weight is 434 g/mol. The minimum Gasteiger partial charge on any atom is -0.480 e. The molecule has 0 saturated carbocycles. The Morgan fingerprint density at radius 3 is 1.97 bits per heavy atom. The normalized spacial score (nSPS) is 13.8. The maximum atomic E-state index is 12.6. The maximum absolute atomic E-state index is 12.6. The lowest BCUT2D eigenvalue weighted by atomic mass is 10.0. The summed E-state index contributed by atoms with van der Waals surface area (Å²) in [6, 6.07) is -3.52. The van der Waals surface area contributed by atoms with Crippen LogP contribution in [0.25, 0.3) is 0 Å². The van der Waals surface area contributed by atoms with Crippen molar-refractivity contribution in [3.63, 3.8) is 0 Å². The number of carbonyl (C=O) groups is 5. The molecule has 29 heavy (non-hydrogen) atoms. The molecule has 0 aromatic carbocycles. The zero-order valence-electron chi connectivity index (χ0n) is 16.9. The highest BCUT2D eigenvalue weighted by molar-refractivity contribution is 7.98. The van der Waals surface area contributed by atoms with Crippen molar-refractivity contribution in [1.82, 2.24) is 16.0 Å². The molecule has 0 radical (unpaired) electrons. The molecule has 3 atom stereocenters. The van der Waals surface area contributed by atoms with E-state index in [0.29, 0.717) is 5.75 Å². The van der Waals surface area contributed by atoms with E-state index < -0.39 is 54.1 Å². The monoisotopic (exact) mass is 433 g/mol. The van der Waals surface area contributed by atoms with E-state index in [9.17, 15) is 29.1 Å². The van der Waals surface area contributed by atoms with E-state index in [2.05, 4.69) is 16.0 Å². The number of carboxylic acids is 1. The van der Waals surface area contributed by atoms with E-state index >= 15 is 0 Å². The number of nitrogens with two attached hydrogens (primary N) is 2. The summed E-state index contributed by atoms with van der Waals surface area (Å²) in [7, 11) is 0. The molecule has 166 valence electrons. The number of nitrogens with one attached hydrogen (secondary N) is 3. The summed E-state index contributed by atoms with van der Waals surface area (Å²) in [6.07, 6.45) is 1.71. The molecule has 12 heteroatoms. The molecular weight excluding hydrogens is 402 g/mol. The van der Waals surface area contributed by atoms with Crippen LogP contribution in [0.4, 0.5) is 0 Å². The van der Waals surface area contributed by atoms with E-state index in [1.165, 1.54) is 11.8 Å². The molecule has 11 nitrogen and oxygen atoms in total. The van der Waals surface area contributed by atoms with Crippen LogP contribution in [-0.4, -0.2) is 71.4 Å². The van der Waals surface area contributed by atoms with Gasteiger partial charge in [0.2, 0.25) is 23.6 Å². The van der Waals surface area contributed by atoms with Gasteiger partial charge in [-0.2, -0.15) is 11.8 Å². The minimum absolute atomic E-state index is 0.0372. The van der Waals surface area contributed by atoms with E-state index in [1.807, 2.05) is 13.8 Å². The quantitative estimate of drug-likeness (QED) is 0.184. The topological polar surface area (TPSA) is 194 Å². The highest BCUT2D eigenvalue weighted by Gasteiger charge is 2.30. The highest BCUT2D eigenvalue weighted by Crippen LogP contribution is 2.07. The van der Waals surface area contributed by atoms with Gasteiger partial charge in [0.05, 0.1) is 13.0 Å². The van der Waals surface area contributed by atoms with Gasteiger partial charge in [0, 0.05) is 0 Å². The van der Waals surface area contributed by atoms with Gasteiger partial charge in [-0.25, -0.2) is 4.79 Å². The van der Waals surface area contributed by atoms with E-state index in [1.54, 1.807) is 6.26 Å². The van der Waals surface area contributed by atoms with Gasteiger partial charge in [-0.3, -0.25) is 19.2 Å². The summed E-state index contributed by atoms with van der Waals surface area (Å²) in [6.45, 7) is 3.36. The van der Waals surface area contributed by atoms with Gasteiger partial charge in [0.1, 0.15) is 18.1 Å². The molecule has 3 unspecified atom stereocenters. The molecule has 0 bridgehead atoms. The number of aliphatic carboxylic acids is 1. The Bertz CT molecular complexity index is 601. The van der Waals surface area contributed by atoms with Crippen molar-refractivity contribution in [2.45, 2.75) is 51.2 Å². The summed E-state index contributed by atoms with van der Waals surface area (Å²) < 4.78 is 0. The Hall–Kier alpha value is -2.34. The smallest absolute Gasteiger partial charge is 0.326 e. The van der Waals surface area contributed by atoms with Crippen LogP contribution in [0.5, 0.6) is 0 Å². The second-order valence-electron chi connectivity index (χ2n) is 6.87. The first kappa shape index (κ1) is 26.7. The van der Waals surface area contributed by atoms with Crippen LogP contribution in [0, 0.1) is 5.92 Å². The van der Waals surface area contributed by atoms with Crippen molar-refractivity contribution in [2.24, 2.45) is 17.4 Å². The first-order chi connectivity index (χ1) is 13.5. The first-order valence-corrected chi connectivity index (χ1v) is 10.5. The van der Waals surface area contributed by atoms with Gasteiger partial charge >= 0.3 is 5.97 Å². The molecule has 0 saturated heterocycles. The SMILES string of the molecule is CSCCC(NC(=O)C(CC(N)=O)NC(=O)C(CC(C)C)NC(=O)CN)C(=O)O. The third kappa shape index (κ3) is 11.3. The van der Waals surface area contributed by atoms with E-state index in [0.717, 1.165) is 0 Å². The Morgan fingerprint density at radius 2 is 1.52 bits per heavy atom. The Balaban J connectivity index is 5.33. The fraction of sp³-hybridized carbons (Fsp3) is 0.706. The van der Waals surface area contributed by atoms with Gasteiger partial charge < -0.3 is 32.5 Å². The minimum atomic E-state index is -1.37. The summed E-state index contributed by atoms with van der Waals surface area (Å²) in [5.41, 5.74) is 10.4. The zero-order chi connectivity index (χ0) is 22.6. The Labute approximate surface area is 174 Å². The fourth-order valence-corrected chi connectivity index (χ4v) is 2.88. The third-order valence-corrected chi connectivity index (χ3v) is 4.45. The van der Waals surface area contributed by atoms with Gasteiger partial charge in [-0.15, -0.1) is 0 Å². The zero-order valence-corrected chi connectivity index (χ0v) is 17.7. The molecule has 0 heterocycles. The number of hydrogen-bond acceptors (Lipinski definition) is 7. The van der Waals surface area contributed by atoms with Crippen LogP contribution in [0.3, 0.4) is 0 Å². The van der Waals surface area contributed by atoms with Crippen molar-refractivity contribution in [3.8, 4) is 0 Å². The number of amides is 4. The lowest BCUT2D eigenvalue weighted by Gasteiger charge is -2.24. The number of thioether (sulfide) groups is 1. The van der Waals surface area contributed by atoms with Crippen molar-refractivity contribution >= 4 is 41.4 Å². The molecule has 0 rings (SSSR count). The highest BCUT2D eigenvalue weighted by atomic mass is 32.2. The van der Waals surface area contributed by atoms with Crippen molar-refractivity contribution < 1.29 is 29.1 Å². The van der Waals surface area contributed by atoms with Crippen LogP contribution in [0.15, 0.2) is 0 Å². The third-order valence-electron chi connectivity index (χ3n) is 3.81. The van der Waals surface area contributed by atoms with Crippen LogP contribution in [-0.2, 0) is 24.0 Å². The molecule has 0 aliphatic heterocycles. The Morgan fingerprint density at radius 1 is 0.966 bits per heavy atom. The molecule has 0 aromatic heterocycles. The van der Waals surface area contributed by atoms with E-state index in [4.69, 9.17) is 11.5 Å². The number of primary amides is 1. The molecule has 0 aliphatic carbocycles. The number of carboxylic acid groups (broad SMARTS) is 1. The summed E-state index contributed by atoms with van der Waals surface area (Å²) in [5.74, 6) is -3.65. The van der Waals surface area contributed by atoms with E-state index in [-0.39, 0.29) is 25.3 Å². The first-order valence-electron chi connectivity index (χ1n) is 9.11. The summed E-state index contributed by atoms with van der Waals surface area (Å²) in [5, 5.41) is 16.4. The van der Waals surface area contributed by atoms with Crippen LogP contribution in [0.1, 0.15) is 33.1 Å². The molecule has 0 fully saturated rings. The van der Waals surface area contributed by atoms with Crippen LogP contribution >= 0.6 is 11.8 Å². The summed E-state index contributed by atoms with van der Waals surface area (Å²) >= 11 is 1.41. The van der Waals surface area contributed by atoms with Gasteiger partial charge in [-0.05, 0) is 30.8 Å². The molecular formula is C17H31N5O6S. The van der Waals surface area contributed by atoms with Crippen LogP contribution in [0.2, 0.25) is 0 Å². The average Bonchev–Trinajstić information content (AvgIpc) is 2.62. The lowest BCUT2D eigenvalue weighted by molar-refractivity contribution is -0.142. The molecule has 8 N–H and O–H groups in total. The standard InChI is InChI=1S/C17H31N5O6S/c1-9(2)6-11(20-14(24)8-18)15(25)22-12(7-13(19)23)16(26)21-10(17(27)28)4-5-29-3/h9-12H,4-8,18H2,1-3H3,(H2,19,23)(H,20,24)(H,21,26)(H,22,25)(H,27,28). The van der Waals surface area contributed by atoms with Gasteiger partial charge in [-0.1, -0.05) is 13.8 Å². The predicted octanol–water partition coefficient (Wildman–Crippen LogP) is -1.84. The molecule has 4 amide bonds. The number of hydrogen-bond donors (Lipinski definition) is 6. The van der Waals surface area contributed by atoms with Crippen molar-refractivity contribution in [1.29, 1.82) is 0 Å². The largest absolute Gasteiger partial charge is 0.480 e. The molecule has 0 spiro atoms. The van der Waals surface area contributed by atoms with Crippen molar-refractivity contribution in [3.05, 3.63) is 0 Å². The second-order valence-corrected chi connectivity index (χ2v) is 7.85. The van der Waals surface area contributed by atoms with Crippen LogP contribution < -0.4 is 27.4 Å². The number of carbonyl (C=O) groups excluding carboxylic acids is 4. The fourth-order valence-electron chi connectivity index (χ4n) is 2.40. The lowest BCUT2D eigenvalue weighted by Crippen LogP contribution is -2.57. The maximum Gasteiger partial charge on any atom is 0.326 e. The van der Waals surface area contributed by atoms with Gasteiger partial charge in [0.15, 0.2) is 0 Å². The number of rotatable bonds is 14. The summed E-state index contributed by atoms with van der Waals surface area (Å²) in [4.78, 5) is 59.4. The Kier molecular flexibility index (Phi) is 12.7. The second kappa shape index (κ2) is 13.8. The molecule has 0 aromatic rings. The molecule has 0 aliphatic rings. The predicted molar refractivity (Wildman–Crippen MR) is 109 cm³/mol. The van der Waals surface area contributed by atoms with Gasteiger partial charge in [0.25, 0.3) is 0 Å². The van der Waals surface area contributed by atoms with Crippen molar-refractivity contribution in [2.75, 3.05) is 18.6 Å².